The highest BCUT2D eigenvalue weighted by molar-refractivity contribution is 7.20. The number of rotatable bonds is 5. The van der Waals surface area contributed by atoms with E-state index in [-0.39, 0.29) is 5.78 Å². The molecule has 2 aromatic heterocycles. The molecule has 3 aromatic rings. The number of ketones is 1. The van der Waals surface area contributed by atoms with E-state index in [9.17, 15) is 9.59 Å². The summed E-state index contributed by atoms with van der Waals surface area (Å²) in [6, 6.07) is 7.29. The quantitative estimate of drug-likeness (QED) is 0.492. The average Bonchev–Trinajstić information content (AvgIpc) is 3.19. The summed E-state index contributed by atoms with van der Waals surface area (Å²) in [5, 5.41) is 8.98. The van der Waals surface area contributed by atoms with Crippen molar-refractivity contribution in [3.8, 4) is 10.6 Å². The molecule has 0 saturated carbocycles. The van der Waals surface area contributed by atoms with Crippen LogP contribution < -0.4 is 10.6 Å². The Kier molecular flexibility index (Phi) is 5.99. The number of hydrogen-bond donors (Lipinski definition) is 2. The standard InChI is InChI=1S/C20H22N4O3S2/c1-11-16(29-18(21-11)24-19(26)27-20(3,4)5)15-10-28-17(23-15)22-14-8-6-7-13(9-14)12(2)25/h6-10H,1-5H3,(H,22,23)(H,21,24,26). The van der Waals surface area contributed by atoms with Crippen molar-refractivity contribution in [2.45, 2.75) is 40.2 Å². The Balaban J connectivity index is 1.73. The molecule has 2 N–H and O–H groups in total. The zero-order valence-corrected chi connectivity index (χ0v) is 18.5. The van der Waals surface area contributed by atoms with Crippen LogP contribution in [0.3, 0.4) is 0 Å². The van der Waals surface area contributed by atoms with E-state index in [1.165, 1.54) is 29.6 Å². The molecule has 0 aliphatic heterocycles. The van der Waals surface area contributed by atoms with Crippen LogP contribution in [0.1, 0.15) is 43.7 Å². The maximum Gasteiger partial charge on any atom is 0.413 e. The molecular weight excluding hydrogens is 408 g/mol. The molecule has 0 fully saturated rings. The summed E-state index contributed by atoms with van der Waals surface area (Å²) in [5.41, 5.74) is 2.41. The summed E-state index contributed by atoms with van der Waals surface area (Å²) < 4.78 is 5.26. The van der Waals surface area contributed by atoms with Gasteiger partial charge in [0, 0.05) is 16.6 Å². The largest absolute Gasteiger partial charge is 0.444 e. The van der Waals surface area contributed by atoms with Gasteiger partial charge >= 0.3 is 6.09 Å². The maximum absolute atomic E-state index is 12.0. The number of anilines is 3. The van der Waals surface area contributed by atoms with Crippen molar-refractivity contribution in [3.05, 3.63) is 40.9 Å². The summed E-state index contributed by atoms with van der Waals surface area (Å²) in [6.45, 7) is 8.83. The van der Waals surface area contributed by atoms with Gasteiger partial charge in [-0.2, -0.15) is 0 Å². The van der Waals surface area contributed by atoms with Gasteiger partial charge in [-0.05, 0) is 46.8 Å². The molecule has 0 unspecified atom stereocenters. The summed E-state index contributed by atoms with van der Waals surface area (Å²) in [7, 11) is 0. The van der Waals surface area contributed by atoms with Gasteiger partial charge < -0.3 is 10.1 Å². The van der Waals surface area contributed by atoms with Crippen molar-refractivity contribution < 1.29 is 14.3 Å². The van der Waals surface area contributed by atoms with Crippen LogP contribution in [-0.2, 0) is 4.74 Å². The van der Waals surface area contributed by atoms with E-state index in [1.54, 1.807) is 32.9 Å². The van der Waals surface area contributed by atoms with Crippen LogP contribution in [0.15, 0.2) is 29.6 Å². The number of ether oxygens (including phenoxy) is 1. The van der Waals surface area contributed by atoms with Gasteiger partial charge in [0.25, 0.3) is 0 Å². The normalized spacial score (nSPS) is 11.2. The molecule has 0 atom stereocenters. The second kappa shape index (κ2) is 8.30. The molecule has 29 heavy (non-hydrogen) atoms. The molecule has 2 heterocycles. The van der Waals surface area contributed by atoms with Crippen molar-refractivity contribution in [2.24, 2.45) is 0 Å². The molecule has 3 rings (SSSR count). The summed E-state index contributed by atoms with van der Waals surface area (Å²) in [4.78, 5) is 33.4. The highest BCUT2D eigenvalue weighted by atomic mass is 32.1. The van der Waals surface area contributed by atoms with E-state index in [0.717, 1.165) is 22.0 Å². The van der Waals surface area contributed by atoms with Gasteiger partial charge in [-0.25, -0.2) is 14.8 Å². The number of carbonyl (C=O) groups excluding carboxylic acids is 2. The number of Topliss-reactive ketones (excluding diaryl/α,β-unsaturated/α-hetero) is 1. The molecule has 7 nitrogen and oxygen atoms in total. The van der Waals surface area contributed by atoms with Crippen LogP contribution in [0.25, 0.3) is 10.6 Å². The Bertz CT molecular complexity index is 1050. The molecule has 0 aliphatic carbocycles. The Morgan fingerprint density at radius 2 is 1.90 bits per heavy atom. The fraction of sp³-hybridized carbons (Fsp3) is 0.300. The number of hydrogen-bond acceptors (Lipinski definition) is 8. The lowest BCUT2D eigenvalue weighted by Crippen LogP contribution is -2.27. The lowest BCUT2D eigenvalue weighted by atomic mass is 10.1. The van der Waals surface area contributed by atoms with Crippen molar-refractivity contribution in [3.63, 3.8) is 0 Å². The summed E-state index contributed by atoms with van der Waals surface area (Å²) >= 11 is 2.79. The van der Waals surface area contributed by atoms with Gasteiger partial charge in [0.15, 0.2) is 16.0 Å². The molecule has 0 aliphatic rings. The summed E-state index contributed by atoms with van der Waals surface area (Å²) in [5.74, 6) is 0.0128. The van der Waals surface area contributed by atoms with Gasteiger partial charge in [0.05, 0.1) is 16.3 Å². The fourth-order valence-corrected chi connectivity index (χ4v) is 4.16. The third-order valence-electron chi connectivity index (χ3n) is 3.66. The van der Waals surface area contributed by atoms with E-state index in [2.05, 4.69) is 20.6 Å². The van der Waals surface area contributed by atoms with E-state index in [0.29, 0.717) is 15.8 Å². The number of aryl methyl sites for hydroxylation is 1. The summed E-state index contributed by atoms with van der Waals surface area (Å²) in [6.07, 6.45) is -0.538. The number of aromatic nitrogens is 2. The van der Waals surface area contributed by atoms with E-state index in [4.69, 9.17) is 4.74 Å². The van der Waals surface area contributed by atoms with Crippen LogP contribution >= 0.6 is 22.7 Å². The van der Waals surface area contributed by atoms with Crippen molar-refractivity contribution >= 4 is 50.5 Å². The Hall–Kier alpha value is -2.78. The average molecular weight is 431 g/mol. The second-order valence-corrected chi connectivity index (χ2v) is 9.22. The van der Waals surface area contributed by atoms with Gasteiger partial charge in [-0.15, -0.1) is 11.3 Å². The number of nitrogens with zero attached hydrogens (tertiary/aromatic N) is 2. The van der Waals surface area contributed by atoms with Crippen LogP contribution in [0.5, 0.6) is 0 Å². The Morgan fingerprint density at radius 1 is 1.14 bits per heavy atom. The van der Waals surface area contributed by atoms with E-state index >= 15 is 0 Å². The molecule has 1 amide bonds. The van der Waals surface area contributed by atoms with E-state index in [1.807, 2.05) is 24.4 Å². The first-order valence-electron chi connectivity index (χ1n) is 8.92. The number of carbonyl (C=O) groups is 2. The Morgan fingerprint density at radius 3 is 2.59 bits per heavy atom. The van der Waals surface area contributed by atoms with Crippen LogP contribution in [-0.4, -0.2) is 27.4 Å². The highest BCUT2D eigenvalue weighted by Crippen LogP contribution is 2.35. The number of thiazole rings is 2. The zero-order valence-electron chi connectivity index (χ0n) is 16.8. The Labute approximate surface area is 177 Å². The minimum Gasteiger partial charge on any atom is -0.444 e. The number of amides is 1. The maximum atomic E-state index is 12.0. The van der Waals surface area contributed by atoms with Crippen molar-refractivity contribution in [1.82, 2.24) is 9.97 Å². The molecule has 0 bridgehead atoms. The van der Waals surface area contributed by atoms with Gasteiger partial charge in [-0.1, -0.05) is 23.5 Å². The lowest BCUT2D eigenvalue weighted by Gasteiger charge is -2.18. The smallest absolute Gasteiger partial charge is 0.413 e. The molecule has 0 radical (unpaired) electrons. The zero-order chi connectivity index (χ0) is 21.2. The first kappa shape index (κ1) is 20.9. The van der Waals surface area contributed by atoms with Crippen LogP contribution in [0, 0.1) is 6.92 Å². The minimum absolute atomic E-state index is 0.0128. The van der Waals surface area contributed by atoms with Gasteiger partial charge in [0.2, 0.25) is 0 Å². The van der Waals surface area contributed by atoms with E-state index < -0.39 is 11.7 Å². The van der Waals surface area contributed by atoms with Crippen molar-refractivity contribution in [2.75, 3.05) is 10.6 Å². The molecule has 152 valence electrons. The predicted octanol–water partition coefficient (Wildman–Crippen LogP) is 5.87. The SMILES string of the molecule is CC(=O)c1cccc(Nc2nc(-c3sc(NC(=O)OC(C)(C)C)nc3C)cs2)c1. The number of benzene rings is 1. The topological polar surface area (TPSA) is 93.2 Å². The third-order valence-corrected chi connectivity index (χ3v) is 5.51. The molecule has 0 spiro atoms. The first-order valence-corrected chi connectivity index (χ1v) is 10.6. The van der Waals surface area contributed by atoms with Crippen LogP contribution in [0.4, 0.5) is 20.7 Å². The molecule has 0 saturated heterocycles. The lowest BCUT2D eigenvalue weighted by molar-refractivity contribution is 0.0635. The predicted molar refractivity (Wildman–Crippen MR) is 118 cm³/mol. The minimum atomic E-state index is -0.575. The highest BCUT2D eigenvalue weighted by Gasteiger charge is 2.19. The second-order valence-electron chi connectivity index (χ2n) is 7.36. The third kappa shape index (κ3) is 5.61. The molecular formula is C20H22N4O3S2. The molecule has 1 aromatic carbocycles. The fourth-order valence-electron chi connectivity index (χ4n) is 2.45. The monoisotopic (exact) mass is 430 g/mol. The van der Waals surface area contributed by atoms with Crippen LogP contribution in [0.2, 0.25) is 0 Å². The number of nitrogens with one attached hydrogen (secondary N) is 2. The molecule has 9 heteroatoms. The van der Waals surface area contributed by atoms with Crippen molar-refractivity contribution in [1.29, 1.82) is 0 Å². The first-order chi connectivity index (χ1) is 13.6. The van der Waals surface area contributed by atoms with Gasteiger partial charge in [0.1, 0.15) is 5.60 Å². The van der Waals surface area contributed by atoms with Gasteiger partial charge in [-0.3, -0.25) is 10.1 Å².